The molecule has 1 aliphatic carbocycles. The smallest absolute Gasteiger partial charge is 0.348 e. The molecule has 2 unspecified atom stereocenters. The quantitative estimate of drug-likeness (QED) is 0.131. The first-order chi connectivity index (χ1) is 20.4. The molecule has 42 heavy (non-hydrogen) atoms. The molecule has 0 spiro atoms. The molecule has 2 N–H and O–H groups in total. The van der Waals surface area contributed by atoms with Crippen LogP contribution in [0, 0.1) is 5.92 Å². The van der Waals surface area contributed by atoms with Gasteiger partial charge >= 0.3 is 5.97 Å². The molecular formula is C35H46O6S. The van der Waals surface area contributed by atoms with Crippen molar-refractivity contribution in [2.45, 2.75) is 88.9 Å². The second kappa shape index (κ2) is 15.7. The van der Waals surface area contributed by atoms with Crippen LogP contribution in [0.3, 0.4) is 0 Å². The number of thiophene rings is 1. The monoisotopic (exact) mass is 594 g/mol. The lowest BCUT2D eigenvalue weighted by atomic mass is 9.78. The number of benzene rings is 2. The molecule has 1 aromatic heterocycles. The van der Waals surface area contributed by atoms with Crippen molar-refractivity contribution in [2.75, 3.05) is 20.8 Å². The van der Waals surface area contributed by atoms with Crippen molar-refractivity contribution in [1.29, 1.82) is 0 Å². The number of carbonyl (C=O) groups excluding carboxylic acids is 1. The predicted octanol–water partition coefficient (Wildman–Crippen LogP) is 7.62. The molecule has 6 nitrogen and oxygen atoms in total. The molecule has 0 radical (unpaired) electrons. The fourth-order valence-electron chi connectivity index (χ4n) is 6.29. The van der Waals surface area contributed by atoms with Gasteiger partial charge in [0.2, 0.25) is 0 Å². The molecule has 0 bridgehead atoms. The van der Waals surface area contributed by atoms with Crippen molar-refractivity contribution in [1.82, 2.24) is 0 Å². The molecule has 4 rings (SSSR count). The summed E-state index contributed by atoms with van der Waals surface area (Å²) in [6, 6.07) is 20.4. The topological polar surface area (TPSA) is 85.2 Å². The summed E-state index contributed by atoms with van der Waals surface area (Å²) in [7, 11) is 3.07. The Balaban J connectivity index is 1.43. The normalized spacial score (nSPS) is 20.9. The number of rotatable bonds is 16. The molecule has 7 heteroatoms. The van der Waals surface area contributed by atoms with Crippen LogP contribution in [0.2, 0.25) is 0 Å². The van der Waals surface area contributed by atoms with E-state index in [4.69, 9.17) is 14.2 Å². The zero-order chi connectivity index (χ0) is 30.0. The second-order valence-electron chi connectivity index (χ2n) is 11.5. The SMILES string of the molecule is CCCCCC(OCc1ccc(OC)cc1)c1ccc([C@@H]2[C@@H](CCCc3ccc(C(=O)OC)s3)CCC2(O)CO)cc1. The minimum absolute atomic E-state index is 0.00974. The number of hydrogen-bond donors (Lipinski definition) is 2. The van der Waals surface area contributed by atoms with Gasteiger partial charge in [-0.25, -0.2) is 4.79 Å². The standard InChI is InChI=1S/C35H46O6S/c1-4-5-6-10-31(41-23-25-11-17-29(39-2)18-12-25)26-13-15-28(16-14-26)33-27(21-22-35(33,38)24-36)8-7-9-30-19-20-32(42-30)34(37)40-3/h11-20,27,31,33,36,38H,4-10,21-24H2,1-3H3/t27-,31?,33-,35?/m0/s1. The minimum Gasteiger partial charge on any atom is -0.497 e. The third-order valence-corrected chi connectivity index (χ3v) is 9.79. The van der Waals surface area contributed by atoms with Crippen LogP contribution < -0.4 is 4.74 Å². The zero-order valence-corrected chi connectivity index (χ0v) is 26.0. The third-order valence-electron chi connectivity index (χ3n) is 8.67. The van der Waals surface area contributed by atoms with Crippen molar-refractivity contribution >= 4 is 17.3 Å². The minimum atomic E-state index is -1.11. The Morgan fingerprint density at radius 2 is 1.79 bits per heavy atom. The maximum Gasteiger partial charge on any atom is 0.348 e. The number of aryl methyl sites for hydroxylation is 1. The van der Waals surface area contributed by atoms with E-state index in [1.807, 2.05) is 36.4 Å². The van der Waals surface area contributed by atoms with E-state index >= 15 is 0 Å². The molecule has 0 amide bonds. The van der Waals surface area contributed by atoms with Crippen LogP contribution in [0.1, 0.15) is 102 Å². The molecule has 2 aromatic carbocycles. The first-order valence-corrected chi connectivity index (χ1v) is 16.1. The molecule has 1 fully saturated rings. The maximum absolute atomic E-state index is 11.8. The average molecular weight is 595 g/mol. The molecule has 4 atom stereocenters. The fraction of sp³-hybridized carbons (Fsp3) is 0.514. The largest absolute Gasteiger partial charge is 0.497 e. The highest BCUT2D eigenvalue weighted by Crippen LogP contribution is 2.49. The number of aliphatic hydroxyl groups excluding tert-OH is 1. The van der Waals surface area contributed by atoms with E-state index in [-0.39, 0.29) is 30.5 Å². The van der Waals surface area contributed by atoms with Gasteiger partial charge in [0.25, 0.3) is 0 Å². The number of aliphatic hydroxyl groups is 2. The highest BCUT2D eigenvalue weighted by Gasteiger charge is 2.47. The van der Waals surface area contributed by atoms with Crippen LogP contribution in [0.4, 0.5) is 0 Å². The van der Waals surface area contributed by atoms with E-state index < -0.39 is 5.60 Å². The first-order valence-electron chi connectivity index (χ1n) is 15.3. The lowest BCUT2D eigenvalue weighted by Gasteiger charge is -2.32. The van der Waals surface area contributed by atoms with Crippen LogP contribution in [0.25, 0.3) is 0 Å². The summed E-state index contributed by atoms with van der Waals surface area (Å²) in [5.41, 5.74) is 2.21. The van der Waals surface area contributed by atoms with E-state index in [1.165, 1.54) is 24.9 Å². The molecule has 1 aliphatic rings. The molecule has 0 saturated heterocycles. The van der Waals surface area contributed by atoms with Crippen LogP contribution in [0.15, 0.2) is 60.7 Å². The lowest BCUT2D eigenvalue weighted by molar-refractivity contribution is -0.0275. The van der Waals surface area contributed by atoms with Crippen LogP contribution in [0.5, 0.6) is 5.75 Å². The number of methoxy groups -OCH3 is 2. The summed E-state index contributed by atoms with van der Waals surface area (Å²) in [5, 5.41) is 21.6. The average Bonchev–Trinajstić information content (AvgIpc) is 3.63. The molecule has 1 saturated carbocycles. The second-order valence-corrected chi connectivity index (χ2v) is 12.7. The van der Waals surface area contributed by atoms with Crippen molar-refractivity contribution in [3.63, 3.8) is 0 Å². The predicted molar refractivity (Wildman–Crippen MR) is 167 cm³/mol. The summed E-state index contributed by atoms with van der Waals surface area (Å²) < 4.78 is 16.6. The summed E-state index contributed by atoms with van der Waals surface area (Å²) in [6.45, 7) is 2.50. The van der Waals surface area contributed by atoms with Gasteiger partial charge < -0.3 is 24.4 Å². The highest BCUT2D eigenvalue weighted by molar-refractivity contribution is 7.13. The van der Waals surface area contributed by atoms with E-state index in [9.17, 15) is 15.0 Å². The molecule has 228 valence electrons. The zero-order valence-electron chi connectivity index (χ0n) is 25.2. The molecular weight excluding hydrogens is 548 g/mol. The van der Waals surface area contributed by atoms with Crippen LogP contribution in [-0.4, -0.2) is 42.6 Å². The van der Waals surface area contributed by atoms with Gasteiger partial charge in [0.05, 0.1) is 39.1 Å². The van der Waals surface area contributed by atoms with Gasteiger partial charge in [-0.1, -0.05) is 62.6 Å². The van der Waals surface area contributed by atoms with Crippen molar-refractivity contribution in [3.8, 4) is 5.75 Å². The van der Waals surface area contributed by atoms with Crippen molar-refractivity contribution < 1.29 is 29.2 Å². The Kier molecular flexibility index (Phi) is 12.0. The third kappa shape index (κ3) is 8.22. The van der Waals surface area contributed by atoms with Gasteiger partial charge in [0, 0.05) is 10.8 Å². The van der Waals surface area contributed by atoms with Gasteiger partial charge in [0.1, 0.15) is 10.6 Å². The Bertz CT molecular complexity index is 1240. The summed E-state index contributed by atoms with van der Waals surface area (Å²) >= 11 is 1.48. The van der Waals surface area contributed by atoms with E-state index in [2.05, 4.69) is 31.2 Å². The van der Waals surface area contributed by atoms with E-state index in [1.54, 1.807) is 7.11 Å². The van der Waals surface area contributed by atoms with Crippen LogP contribution >= 0.6 is 11.3 Å². The number of carbonyl (C=O) groups is 1. The van der Waals surface area contributed by atoms with Gasteiger partial charge in [-0.2, -0.15) is 0 Å². The van der Waals surface area contributed by atoms with E-state index in [0.717, 1.165) is 72.3 Å². The fourth-order valence-corrected chi connectivity index (χ4v) is 7.26. The number of unbranched alkanes of at least 4 members (excludes halogenated alkanes) is 2. The Morgan fingerprint density at radius 1 is 1.02 bits per heavy atom. The number of ether oxygens (including phenoxy) is 3. The van der Waals surface area contributed by atoms with Gasteiger partial charge in [-0.15, -0.1) is 11.3 Å². The lowest BCUT2D eigenvalue weighted by Crippen LogP contribution is -2.37. The van der Waals surface area contributed by atoms with Crippen molar-refractivity contribution in [2.24, 2.45) is 5.92 Å². The number of hydrogen-bond acceptors (Lipinski definition) is 7. The van der Waals surface area contributed by atoms with Gasteiger partial charge in [-0.3, -0.25) is 0 Å². The van der Waals surface area contributed by atoms with Gasteiger partial charge in [0.15, 0.2) is 0 Å². The molecule has 1 heterocycles. The van der Waals surface area contributed by atoms with Crippen LogP contribution in [-0.2, 0) is 22.5 Å². The van der Waals surface area contributed by atoms with Crippen molar-refractivity contribution in [3.05, 3.63) is 87.1 Å². The molecule has 0 aliphatic heterocycles. The first kappa shape index (κ1) is 32.2. The molecule has 3 aromatic rings. The number of esters is 1. The highest BCUT2D eigenvalue weighted by atomic mass is 32.1. The Hall–Kier alpha value is -2.71. The Morgan fingerprint density at radius 3 is 2.45 bits per heavy atom. The van der Waals surface area contributed by atoms with Gasteiger partial charge in [-0.05, 0) is 85.4 Å². The summed E-state index contributed by atoms with van der Waals surface area (Å²) in [5.74, 6) is 0.697. The summed E-state index contributed by atoms with van der Waals surface area (Å²) in [4.78, 5) is 13.6. The van der Waals surface area contributed by atoms with E-state index in [0.29, 0.717) is 17.9 Å². The Labute approximate surface area is 254 Å². The maximum atomic E-state index is 11.8. The summed E-state index contributed by atoms with van der Waals surface area (Å²) in [6.07, 6.45) is 8.64.